The number of aromatic amines is 1. The molecule has 0 aliphatic heterocycles. The van der Waals surface area contributed by atoms with Crippen LogP contribution >= 0.6 is 11.3 Å². The molecule has 3 N–H and O–H groups in total. The summed E-state index contributed by atoms with van der Waals surface area (Å²) in [6, 6.07) is 4.06. The second-order valence-corrected chi connectivity index (χ2v) is 5.16. The molecule has 0 amide bonds. The van der Waals surface area contributed by atoms with E-state index < -0.39 is 0 Å². The summed E-state index contributed by atoms with van der Waals surface area (Å²) >= 11 is 1.76. The summed E-state index contributed by atoms with van der Waals surface area (Å²) in [5.74, 6) is 0.824. The molecule has 6 heteroatoms. The van der Waals surface area contributed by atoms with E-state index in [0.29, 0.717) is 6.54 Å². The molecule has 0 bridgehead atoms. The fourth-order valence-electron chi connectivity index (χ4n) is 1.63. The number of hydrogen-bond acceptors (Lipinski definition) is 3. The van der Waals surface area contributed by atoms with Crippen molar-refractivity contribution < 1.29 is 0 Å². The van der Waals surface area contributed by atoms with Crippen molar-refractivity contribution in [1.82, 2.24) is 20.8 Å². The molecule has 0 radical (unpaired) electrons. The Balaban J connectivity index is 1.92. The summed E-state index contributed by atoms with van der Waals surface area (Å²) in [6.45, 7) is 6.43. The Morgan fingerprint density at radius 1 is 1.42 bits per heavy atom. The van der Waals surface area contributed by atoms with Crippen molar-refractivity contribution in [2.24, 2.45) is 4.99 Å². The van der Waals surface area contributed by atoms with Crippen molar-refractivity contribution >= 4 is 17.3 Å². The Kier molecular flexibility index (Phi) is 4.97. The number of rotatable bonds is 5. The molecular formula is C13H19N5S. The second-order valence-electron chi connectivity index (χ2n) is 4.16. The van der Waals surface area contributed by atoms with E-state index in [4.69, 9.17) is 0 Å². The number of nitrogens with one attached hydrogen (secondary N) is 3. The highest BCUT2D eigenvalue weighted by atomic mass is 32.1. The van der Waals surface area contributed by atoms with E-state index in [9.17, 15) is 0 Å². The van der Waals surface area contributed by atoms with Crippen LogP contribution < -0.4 is 10.6 Å². The van der Waals surface area contributed by atoms with Crippen LogP contribution in [0, 0.1) is 6.92 Å². The zero-order valence-electron chi connectivity index (χ0n) is 11.2. The molecule has 2 rings (SSSR count). The lowest BCUT2D eigenvalue weighted by molar-refractivity contribution is 0.815. The van der Waals surface area contributed by atoms with Gasteiger partial charge < -0.3 is 10.6 Å². The molecule has 0 aliphatic rings. The van der Waals surface area contributed by atoms with Crippen molar-refractivity contribution in [1.29, 1.82) is 0 Å². The number of H-pyrrole nitrogens is 1. The van der Waals surface area contributed by atoms with Crippen molar-refractivity contribution in [3.63, 3.8) is 0 Å². The second kappa shape index (κ2) is 6.94. The molecule has 19 heavy (non-hydrogen) atoms. The molecule has 0 saturated carbocycles. The third kappa shape index (κ3) is 4.10. The molecule has 0 unspecified atom stereocenters. The molecule has 2 aromatic rings. The summed E-state index contributed by atoms with van der Waals surface area (Å²) < 4.78 is 0. The van der Waals surface area contributed by atoms with Gasteiger partial charge in [-0.25, -0.2) is 4.99 Å². The van der Waals surface area contributed by atoms with Crippen molar-refractivity contribution in [2.75, 3.05) is 6.54 Å². The summed E-state index contributed by atoms with van der Waals surface area (Å²) in [5, 5.41) is 15.5. The van der Waals surface area contributed by atoms with Crippen molar-refractivity contribution in [3.8, 4) is 0 Å². The van der Waals surface area contributed by atoms with Gasteiger partial charge in [0.15, 0.2) is 5.96 Å². The number of hydrogen-bond donors (Lipinski definition) is 3. The third-order valence-corrected chi connectivity index (χ3v) is 3.72. The normalized spacial score (nSPS) is 11.6. The van der Waals surface area contributed by atoms with E-state index >= 15 is 0 Å². The lowest BCUT2D eigenvalue weighted by Gasteiger charge is -2.10. The average molecular weight is 277 g/mol. The smallest absolute Gasteiger partial charge is 0.191 e. The highest BCUT2D eigenvalue weighted by Gasteiger charge is 2.02. The average Bonchev–Trinajstić information content (AvgIpc) is 3.04. The summed E-state index contributed by atoms with van der Waals surface area (Å²) in [5.41, 5.74) is 2.33. The van der Waals surface area contributed by atoms with Crippen LogP contribution in [0.2, 0.25) is 0 Å². The maximum atomic E-state index is 4.51. The number of aryl methyl sites for hydroxylation is 1. The predicted molar refractivity (Wildman–Crippen MR) is 79.3 cm³/mol. The number of guanidine groups is 1. The molecule has 0 aliphatic carbocycles. The van der Waals surface area contributed by atoms with Crippen LogP contribution in [-0.4, -0.2) is 22.7 Å². The topological polar surface area (TPSA) is 65.1 Å². The maximum Gasteiger partial charge on any atom is 0.191 e. The van der Waals surface area contributed by atoms with Gasteiger partial charge >= 0.3 is 0 Å². The Morgan fingerprint density at radius 3 is 2.95 bits per heavy atom. The van der Waals surface area contributed by atoms with E-state index in [-0.39, 0.29) is 0 Å². The first-order chi connectivity index (χ1) is 9.29. The van der Waals surface area contributed by atoms with Gasteiger partial charge in [0.1, 0.15) is 0 Å². The van der Waals surface area contributed by atoms with Gasteiger partial charge in [-0.05, 0) is 36.9 Å². The first-order valence-corrected chi connectivity index (χ1v) is 7.21. The maximum absolute atomic E-state index is 4.51. The van der Waals surface area contributed by atoms with Crippen LogP contribution in [-0.2, 0) is 13.1 Å². The van der Waals surface area contributed by atoms with Crippen molar-refractivity contribution in [3.05, 3.63) is 39.8 Å². The van der Waals surface area contributed by atoms with E-state index in [1.54, 1.807) is 17.5 Å². The molecule has 2 heterocycles. The minimum atomic E-state index is 0.596. The molecule has 0 spiro atoms. The predicted octanol–water partition coefficient (Wildman–Crippen LogP) is 2.03. The van der Waals surface area contributed by atoms with E-state index in [1.165, 1.54) is 10.4 Å². The van der Waals surface area contributed by atoms with E-state index in [2.05, 4.69) is 51.1 Å². The van der Waals surface area contributed by atoms with Gasteiger partial charge in [-0.15, -0.1) is 11.3 Å². The van der Waals surface area contributed by atoms with Gasteiger partial charge in [0, 0.05) is 17.6 Å². The fourth-order valence-corrected chi connectivity index (χ4v) is 2.47. The largest absolute Gasteiger partial charge is 0.357 e. The van der Waals surface area contributed by atoms with Gasteiger partial charge in [0.2, 0.25) is 0 Å². The Bertz CT molecular complexity index is 515. The molecule has 2 aromatic heterocycles. The standard InChI is InChI=1S/C13H19N5S/c1-3-14-13(15-8-11-4-6-17-18-11)16-9-12-10(2)5-7-19-12/h4-7H,3,8-9H2,1-2H3,(H,17,18)(H2,14,15,16). The summed E-state index contributed by atoms with van der Waals surface area (Å²) in [7, 11) is 0. The zero-order chi connectivity index (χ0) is 13.5. The summed E-state index contributed by atoms with van der Waals surface area (Å²) in [6.07, 6.45) is 1.74. The SMILES string of the molecule is CCNC(=NCc1ccn[nH]1)NCc1sccc1C. The first kappa shape index (κ1) is 13.6. The first-order valence-electron chi connectivity index (χ1n) is 6.33. The number of aromatic nitrogens is 2. The lowest BCUT2D eigenvalue weighted by atomic mass is 10.3. The van der Waals surface area contributed by atoms with Crippen LogP contribution in [0.3, 0.4) is 0 Å². The Morgan fingerprint density at radius 2 is 2.32 bits per heavy atom. The quantitative estimate of drug-likeness (QED) is 0.579. The van der Waals surface area contributed by atoms with Crippen LogP contribution in [0.15, 0.2) is 28.7 Å². The van der Waals surface area contributed by atoms with Crippen LogP contribution in [0.4, 0.5) is 0 Å². The molecule has 0 aromatic carbocycles. The van der Waals surface area contributed by atoms with Gasteiger partial charge in [-0.2, -0.15) is 5.10 Å². The van der Waals surface area contributed by atoms with Gasteiger partial charge in [-0.1, -0.05) is 0 Å². The highest BCUT2D eigenvalue weighted by molar-refractivity contribution is 7.10. The van der Waals surface area contributed by atoms with Crippen LogP contribution in [0.25, 0.3) is 0 Å². The Labute approximate surface area is 117 Å². The Hall–Kier alpha value is -1.82. The van der Waals surface area contributed by atoms with E-state index in [0.717, 1.165) is 24.7 Å². The van der Waals surface area contributed by atoms with E-state index in [1.807, 2.05) is 6.07 Å². The van der Waals surface area contributed by atoms with Crippen LogP contribution in [0.5, 0.6) is 0 Å². The van der Waals surface area contributed by atoms with Crippen molar-refractivity contribution in [2.45, 2.75) is 26.9 Å². The zero-order valence-corrected chi connectivity index (χ0v) is 12.0. The third-order valence-electron chi connectivity index (χ3n) is 2.69. The molecule has 0 atom stereocenters. The molecule has 0 saturated heterocycles. The lowest BCUT2D eigenvalue weighted by Crippen LogP contribution is -2.36. The number of nitrogens with zero attached hydrogens (tertiary/aromatic N) is 2. The van der Waals surface area contributed by atoms with Gasteiger partial charge in [-0.3, -0.25) is 5.10 Å². The molecule has 102 valence electrons. The van der Waals surface area contributed by atoms with Crippen LogP contribution in [0.1, 0.15) is 23.1 Å². The fraction of sp³-hybridized carbons (Fsp3) is 0.385. The highest BCUT2D eigenvalue weighted by Crippen LogP contribution is 2.14. The number of thiophene rings is 1. The molecule has 0 fully saturated rings. The van der Waals surface area contributed by atoms with Gasteiger partial charge in [0.25, 0.3) is 0 Å². The molecular weight excluding hydrogens is 258 g/mol. The number of aliphatic imine (C=N–C) groups is 1. The summed E-state index contributed by atoms with van der Waals surface area (Å²) in [4.78, 5) is 5.85. The minimum absolute atomic E-state index is 0.596. The monoisotopic (exact) mass is 277 g/mol. The molecule has 5 nitrogen and oxygen atoms in total. The van der Waals surface area contributed by atoms with Gasteiger partial charge in [0.05, 0.1) is 18.8 Å². The minimum Gasteiger partial charge on any atom is -0.357 e.